The van der Waals surface area contributed by atoms with Crippen LogP contribution in [0.5, 0.6) is 0 Å². The Bertz CT molecular complexity index is 654. The maximum absolute atomic E-state index is 12.8. The highest BCUT2D eigenvalue weighted by Gasteiger charge is 2.37. The van der Waals surface area contributed by atoms with Gasteiger partial charge in [0.1, 0.15) is 5.69 Å². The van der Waals surface area contributed by atoms with Crippen molar-refractivity contribution < 1.29 is 13.9 Å². The summed E-state index contributed by atoms with van der Waals surface area (Å²) < 4.78 is 10.9. The van der Waals surface area contributed by atoms with Gasteiger partial charge in [-0.25, -0.2) is 4.98 Å². The van der Waals surface area contributed by atoms with Gasteiger partial charge in [0.2, 0.25) is 0 Å². The molecule has 0 N–H and O–H groups in total. The SMILES string of the molecule is O=C(c1csc(-c2ccco2)n1)N1CCS[C@@H]2COCC[C@H]21. The second-order valence-electron chi connectivity index (χ2n) is 5.35. The fourth-order valence-corrected chi connectivity index (χ4v) is 5.03. The third kappa shape index (κ3) is 2.57. The summed E-state index contributed by atoms with van der Waals surface area (Å²) in [5.41, 5.74) is 0.522. The highest BCUT2D eigenvalue weighted by molar-refractivity contribution is 8.00. The standard InChI is InChI=1S/C15H16N2O3S2/c18-15(10-9-22-14(16-10)12-2-1-5-20-12)17-4-7-21-13-8-19-6-3-11(13)17/h1-2,5,9,11,13H,3-4,6-8H2/t11-,13-/m1/s1. The van der Waals surface area contributed by atoms with Crippen molar-refractivity contribution in [2.45, 2.75) is 17.7 Å². The molecule has 2 aromatic rings. The number of hydrogen-bond donors (Lipinski definition) is 0. The van der Waals surface area contributed by atoms with Crippen molar-refractivity contribution in [1.82, 2.24) is 9.88 Å². The fourth-order valence-electron chi connectivity index (χ4n) is 2.97. The Hall–Kier alpha value is -1.31. The zero-order valence-corrected chi connectivity index (χ0v) is 13.6. The van der Waals surface area contributed by atoms with E-state index in [4.69, 9.17) is 9.15 Å². The molecular weight excluding hydrogens is 320 g/mol. The lowest BCUT2D eigenvalue weighted by Crippen LogP contribution is -2.54. The molecule has 0 aromatic carbocycles. The smallest absolute Gasteiger partial charge is 0.273 e. The van der Waals surface area contributed by atoms with Crippen LogP contribution in [-0.4, -0.2) is 52.6 Å². The van der Waals surface area contributed by atoms with Gasteiger partial charge in [-0.05, 0) is 18.6 Å². The van der Waals surface area contributed by atoms with Gasteiger partial charge in [0.25, 0.3) is 5.91 Å². The minimum absolute atomic E-state index is 0.0336. The molecule has 116 valence electrons. The Morgan fingerprint density at radius 3 is 3.27 bits per heavy atom. The van der Waals surface area contributed by atoms with Gasteiger partial charge in [0.15, 0.2) is 10.8 Å². The van der Waals surface area contributed by atoms with E-state index in [9.17, 15) is 4.79 Å². The minimum atomic E-state index is 0.0336. The van der Waals surface area contributed by atoms with E-state index in [0.717, 1.165) is 36.9 Å². The first-order chi connectivity index (χ1) is 10.8. The Balaban J connectivity index is 1.56. The molecule has 0 radical (unpaired) electrons. The number of furan rings is 1. The summed E-state index contributed by atoms with van der Waals surface area (Å²) in [7, 11) is 0. The van der Waals surface area contributed by atoms with Gasteiger partial charge in [-0.1, -0.05) is 0 Å². The van der Waals surface area contributed by atoms with Crippen LogP contribution in [0.1, 0.15) is 16.9 Å². The van der Waals surface area contributed by atoms with Crippen molar-refractivity contribution in [2.24, 2.45) is 0 Å². The predicted octanol–water partition coefficient (Wildman–Crippen LogP) is 2.75. The summed E-state index contributed by atoms with van der Waals surface area (Å²) >= 11 is 3.36. The number of ether oxygens (including phenoxy) is 1. The van der Waals surface area contributed by atoms with Gasteiger partial charge in [-0.15, -0.1) is 11.3 Å². The minimum Gasteiger partial charge on any atom is -0.462 e. The molecule has 0 aliphatic carbocycles. The average Bonchev–Trinajstić information content (AvgIpc) is 3.24. The van der Waals surface area contributed by atoms with E-state index in [2.05, 4.69) is 4.98 Å². The number of nitrogens with zero attached hydrogens (tertiary/aromatic N) is 2. The number of aromatic nitrogens is 1. The lowest BCUT2D eigenvalue weighted by molar-refractivity contribution is 0.0316. The van der Waals surface area contributed by atoms with E-state index in [1.54, 1.807) is 6.26 Å². The second kappa shape index (κ2) is 6.06. The van der Waals surface area contributed by atoms with Crippen LogP contribution in [0.4, 0.5) is 0 Å². The van der Waals surface area contributed by atoms with E-state index in [0.29, 0.717) is 16.7 Å². The molecule has 1 amide bonds. The van der Waals surface area contributed by atoms with Crippen molar-refractivity contribution in [1.29, 1.82) is 0 Å². The van der Waals surface area contributed by atoms with E-state index in [1.165, 1.54) is 11.3 Å². The summed E-state index contributed by atoms with van der Waals surface area (Å²) in [5, 5.41) is 2.98. The van der Waals surface area contributed by atoms with E-state index in [1.807, 2.05) is 34.2 Å². The zero-order chi connectivity index (χ0) is 14.9. The van der Waals surface area contributed by atoms with E-state index in [-0.39, 0.29) is 11.9 Å². The third-order valence-electron chi connectivity index (χ3n) is 4.05. The van der Waals surface area contributed by atoms with Crippen LogP contribution in [0.25, 0.3) is 10.8 Å². The number of amides is 1. The number of fused-ring (bicyclic) bond motifs is 1. The second-order valence-corrected chi connectivity index (χ2v) is 7.56. The number of carbonyl (C=O) groups excluding carboxylic acids is 1. The molecule has 2 atom stereocenters. The number of carbonyl (C=O) groups is 1. The predicted molar refractivity (Wildman–Crippen MR) is 86.3 cm³/mol. The maximum atomic E-state index is 12.8. The third-order valence-corrected chi connectivity index (χ3v) is 6.20. The van der Waals surface area contributed by atoms with Crippen molar-refractivity contribution in [3.05, 3.63) is 29.5 Å². The molecule has 0 saturated carbocycles. The molecule has 0 unspecified atom stereocenters. The molecule has 0 bridgehead atoms. The topological polar surface area (TPSA) is 55.6 Å². The molecule has 2 saturated heterocycles. The zero-order valence-electron chi connectivity index (χ0n) is 11.9. The van der Waals surface area contributed by atoms with Crippen molar-refractivity contribution in [2.75, 3.05) is 25.5 Å². The van der Waals surface area contributed by atoms with Gasteiger partial charge < -0.3 is 14.1 Å². The number of hydrogen-bond acceptors (Lipinski definition) is 6. The molecular formula is C15H16N2O3S2. The Kier molecular flexibility index (Phi) is 3.94. The summed E-state index contributed by atoms with van der Waals surface area (Å²) in [6, 6.07) is 3.96. The van der Waals surface area contributed by atoms with Gasteiger partial charge in [0.05, 0.1) is 12.9 Å². The monoisotopic (exact) mass is 336 g/mol. The molecule has 2 aliphatic heterocycles. The van der Waals surface area contributed by atoms with Gasteiger partial charge >= 0.3 is 0 Å². The average molecular weight is 336 g/mol. The first-order valence-electron chi connectivity index (χ1n) is 7.32. The quantitative estimate of drug-likeness (QED) is 0.844. The number of thiazole rings is 1. The molecule has 2 aliphatic rings. The molecule has 2 fully saturated rings. The van der Waals surface area contributed by atoms with Gasteiger partial charge in [0, 0.05) is 35.6 Å². The Morgan fingerprint density at radius 1 is 1.45 bits per heavy atom. The largest absolute Gasteiger partial charge is 0.462 e. The van der Waals surface area contributed by atoms with Crippen LogP contribution < -0.4 is 0 Å². The molecule has 7 heteroatoms. The van der Waals surface area contributed by atoms with Crippen LogP contribution in [0.2, 0.25) is 0 Å². The molecule has 0 spiro atoms. The van der Waals surface area contributed by atoms with Crippen LogP contribution in [0.15, 0.2) is 28.2 Å². The first-order valence-corrected chi connectivity index (χ1v) is 9.25. The fraction of sp³-hybridized carbons (Fsp3) is 0.467. The summed E-state index contributed by atoms with van der Waals surface area (Å²) in [5.74, 6) is 1.71. The number of thioether (sulfide) groups is 1. The van der Waals surface area contributed by atoms with Crippen LogP contribution in [0.3, 0.4) is 0 Å². The van der Waals surface area contributed by atoms with Gasteiger partial charge in [-0.2, -0.15) is 11.8 Å². The number of rotatable bonds is 2. The lowest BCUT2D eigenvalue weighted by Gasteiger charge is -2.43. The van der Waals surface area contributed by atoms with E-state index >= 15 is 0 Å². The van der Waals surface area contributed by atoms with Crippen LogP contribution in [0, 0.1) is 0 Å². The molecule has 5 nitrogen and oxygen atoms in total. The molecule has 4 heterocycles. The van der Waals surface area contributed by atoms with Crippen molar-refractivity contribution in [3.63, 3.8) is 0 Å². The van der Waals surface area contributed by atoms with E-state index < -0.39 is 0 Å². The van der Waals surface area contributed by atoms with Crippen LogP contribution in [-0.2, 0) is 4.74 Å². The maximum Gasteiger partial charge on any atom is 0.273 e. The summed E-state index contributed by atoms with van der Waals surface area (Å²) in [6.45, 7) is 2.27. The summed E-state index contributed by atoms with van der Waals surface area (Å²) in [4.78, 5) is 19.3. The van der Waals surface area contributed by atoms with Crippen LogP contribution >= 0.6 is 23.1 Å². The molecule has 22 heavy (non-hydrogen) atoms. The normalized spacial score (nSPS) is 25.0. The van der Waals surface area contributed by atoms with Crippen molar-refractivity contribution in [3.8, 4) is 10.8 Å². The Labute approximate surface area is 136 Å². The Morgan fingerprint density at radius 2 is 2.41 bits per heavy atom. The van der Waals surface area contributed by atoms with Gasteiger partial charge in [-0.3, -0.25) is 4.79 Å². The highest BCUT2D eigenvalue weighted by Crippen LogP contribution is 2.32. The lowest BCUT2D eigenvalue weighted by atomic mass is 10.1. The summed E-state index contributed by atoms with van der Waals surface area (Å²) in [6.07, 6.45) is 2.53. The molecule has 2 aromatic heterocycles. The highest BCUT2D eigenvalue weighted by atomic mass is 32.2. The van der Waals surface area contributed by atoms with Crippen molar-refractivity contribution >= 4 is 29.0 Å². The first kappa shape index (κ1) is 14.3. The molecule has 4 rings (SSSR count).